The summed E-state index contributed by atoms with van der Waals surface area (Å²) >= 11 is 1.83. The molecule has 0 bridgehead atoms. The van der Waals surface area contributed by atoms with Crippen molar-refractivity contribution in [3.05, 3.63) is 154 Å². The number of fused-ring (bicyclic) bond motifs is 12. The number of hydrogen-bond acceptors (Lipinski definition) is 5. The van der Waals surface area contributed by atoms with Crippen molar-refractivity contribution in [2.45, 2.75) is 31.1 Å². The van der Waals surface area contributed by atoms with Crippen LogP contribution in [0.15, 0.2) is 125 Å². The van der Waals surface area contributed by atoms with Crippen molar-refractivity contribution in [1.82, 2.24) is 14.7 Å². The molecule has 4 aromatic carbocycles. The third-order valence-electron chi connectivity index (χ3n) is 10.6. The molecule has 11 rings (SSSR count). The monoisotopic (exact) mass is 844 g/mol. The van der Waals surface area contributed by atoms with E-state index in [-0.39, 0.29) is 26.5 Å². The maximum atomic E-state index is 6.53. The molecule has 3 aliphatic rings. The van der Waals surface area contributed by atoms with E-state index in [1.54, 1.807) is 0 Å². The zero-order valence-electron chi connectivity index (χ0n) is 26.7. The molecule has 242 valence electrons. The van der Waals surface area contributed by atoms with Crippen molar-refractivity contribution < 1.29 is 30.3 Å². The van der Waals surface area contributed by atoms with Gasteiger partial charge in [-0.3, -0.25) is 0 Å². The van der Waals surface area contributed by atoms with Gasteiger partial charge in [0.05, 0.1) is 5.41 Å². The molecule has 0 fully saturated rings. The van der Waals surface area contributed by atoms with E-state index in [2.05, 4.69) is 93.8 Å². The summed E-state index contributed by atoms with van der Waals surface area (Å²) in [4.78, 5) is 6.01. The fraction of sp³-hybridized carbons (Fsp3) is 0.116. The average Bonchev–Trinajstić information content (AvgIpc) is 3.96. The Balaban J connectivity index is 0.00000316. The van der Waals surface area contributed by atoms with E-state index in [1.165, 1.54) is 40.0 Å². The van der Waals surface area contributed by atoms with Crippen molar-refractivity contribution in [3.63, 3.8) is 0 Å². The van der Waals surface area contributed by atoms with Gasteiger partial charge in [0, 0.05) is 44.9 Å². The van der Waals surface area contributed by atoms with Crippen LogP contribution in [0.3, 0.4) is 0 Å². The second-order valence-corrected chi connectivity index (χ2v) is 13.9. The zero-order chi connectivity index (χ0) is 32.1. The van der Waals surface area contributed by atoms with Crippen LogP contribution in [0.2, 0.25) is 0 Å². The number of rotatable bonds is 4. The topological polar surface area (TPSA) is 53.1 Å². The van der Waals surface area contributed by atoms with E-state index >= 15 is 0 Å². The summed E-state index contributed by atoms with van der Waals surface area (Å²) in [6.07, 6.45) is 6.42. The molecule has 50 heavy (non-hydrogen) atoms. The first kappa shape index (κ1) is 29.8. The Kier molecular flexibility index (Phi) is 6.71. The van der Waals surface area contributed by atoms with E-state index in [4.69, 9.17) is 14.4 Å². The fourth-order valence-electron chi connectivity index (χ4n) is 8.72. The van der Waals surface area contributed by atoms with Crippen LogP contribution < -0.4 is 4.74 Å². The normalized spacial score (nSPS) is 17.1. The van der Waals surface area contributed by atoms with Gasteiger partial charge < -0.3 is 13.8 Å². The molecule has 0 N–H and O–H groups in total. The SMILES string of the molecule is [Pt+2].[c-]1c(Oc2[c-]c3c(cc2)c2ccccc2n3-c2ccccn2)cccc1-c1noc2c1C1(C3=C(CCCC3)c3ccccc31)c1sccc1-2. The Labute approximate surface area is 307 Å². The molecule has 4 heterocycles. The van der Waals surface area contributed by atoms with Gasteiger partial charge >= 0.3 is 21.1 Å². The predicted octanol–water partition coefficient (Wildman–Crippen LogP) is 10.9. The van der Waals surface area contributed by atoms with Gasteiger partial charge in [0.2, 0.25) is 0 Å². The Morgan fingerprint density at radius 1 is 0.780 bits per heavy atom. The summed E-state index contributed by atoms with van der Waals surface area (Å²) in [5.41, 5.74) is 11.3. The van der Waals surface area contributed by atoms with Gasteiger partial charge in [0.1, 0.15) is 5.82 Å². The molecular formula is C43H27N3O2PtS. The number of pyridine rings is 1. The van der Waals surface area contributed by atoms with E-state index < -0.39 is 0 Å². The molecule has 3 aliphatic carbocycles. The van der Waals surface area contributed by atoms with Crippen molar-refractivity contribution in [1.29, 1.82) is 0 Å². The Hall–Kier alpha value is -5.03. The smallest absolute Gasteiger partial charge is 0.503 e. The average molecular weight is 845 g/mol. The first-order valence-corrected chi connectivity index (χ1v) is 17.7. The molecule has 7 heteroatoms. The van der Waals surface area contributed by atoms with Crippen LogP contribution in [0.25, 0.3) is 55.8 Å². The summed E-state index contributed by atoms with van der Waals surface area (Å²) in [7, 11) is 0. The van der Waals surface area contributed by atoms with Gasteiger partial charge in [0.15, 0.2) is 5.76 Å². The largest absolute Gasteiger partial charge is 2.00 e. The quantitative estimate of drug-likeness (QED) is 0.166. The molecule has 1 unspecified atom stereocenters. The minimum atomic E-state index is -0.386. The molecule has 0 saturated heterocycles. The van der Waals surface area contributed by atoms with Gasteiger partial charge in [0.25, 0.3) is 0 Å². The first-order valence-electron chi connectivity index (χ1n) is 16.8. The Morgan fingerprint density at radius 2 is 1.64 bits per heavy atom. The number of aromatic nitrogens is 3. The number of para-hydroxylation sites is 1. The molecule has 0 amide bonds. The van der Waals surface area contributed by atoms with Crippen molar-refractivity contribution in [2.75, 3.05) is 0 Å². The molecule has 0 aliphatic heterocycles. The second kappa shape index (κ2) is 11.2. The number of nitrogens with zero attached hydrogens (tertiary/aromatic N) is 3. The molecular weight excluding hydrogens is 818 g/mol. The van der Waals surface area contributed by atoms with Crippen LogP contribution in [-0.4, -0.2) is 14.7 Å². The summed E-state index contributed by atoms with van der Waals surface area (Å²) < 4.78 is 14.9. The number of hydrogen-bond donors (Lipinski definition) is 0. The molecule has 5 nitrogen and oxygen atoms in total. The Morgan fingerprint density at radius 3 is 2.58 bits per heavy atom. The summed E-state index contributed by atoms with van der Waals surface area (Å²) in [6, 6.07) is 42.7. The van der Waals surface area contributed by atoms with Crippen LogP contribution in [0.4, 0.5) is 0 Å². The van der Waals surface area contributed by atoms with Gasteiger partial charge in [-0.25, -0.2) is 4.98 Å². The minimum Gasteiger partial charge on any atom is -0.503 e. The maximum Gasteiger partial charge on any atom is 2.00 e. The summed E-state index contributed by atoms with van der Waals surface area (Å²) in [5.74, 6) is 2.91. The zero-order valence-corrected chi connectivity index (χ0v) is 29.8. The third-order valence-corrected chi connectivity index (χ3v) is 11.6. The number of benzene rings is 4. The minimum absolute atomic E-state index is 0. The second-order valence-electron chi connectivity index (χ2n) is 13.0. The molecule has 0 saturated carbocycles. The molecule has 1 spiro atoms. The first-order chi connectivity index (χ1) is 24.3. The van der Waals surface area contributed by atoms with Crippen LogP contribution in [-0.2, 0) is 26.5 Å². The number of thiophene rings is 1. The standard InChI is InChI=1S/C43H27N3O2S.Pt/c1-4-15-34-29(12-1)30-13-2-5-16-35(30)43(34)39-40(45-48-41(39)33-21-23-49-42(33)43)26-10-9-11-27(24-26)47-28-19-20-32-31-14-3-6-17-36(31)46(37(32)25-28)38-18-7-8-22-44-38;/h1,3-4,6-12,14-15,17-23H,2,5,13,16H2;/q-2;+2. The van der Waals surface area contributed by atoms with E-state index in [1.807, 2.05) is 53.9 Å². The van der Waals surface area contributed by atoms with Crippen LogP contribution in [0, 0.1) is 12.1 Å². The Bertz CT molecular complexity index is 2670. The number of ether oxygens (including phenoxy) is 1. The van der Waals surface area contributed by atoms with E-state index in [0.717, 1.165) is 68.6 Å². The number of allylic oxidation sites excluding steroid dienone is 2. The molecule has 1 atom stereocenters. The molecule has 0 radical (unpaired) electrons. The predicted molar refractivity (Wildman–Crippen MR) is 193 cm³/mol. The summed E-state index contributed by atoms with van der Waals surface area (Å²) in [5, 5.41) is 9.21. The van der Waals surface area contributed by atoms with Crippen LogP contribution >= 0.6 is 11.3 Å². The third kappa shape index (κ3) is 3.98. The van der Waals surface area contributed by atoms with Gasteiger partial charge in [-0.2, -0.15) is 6.07 Å². The fourth-order valence-corrected chi connectivity index (χ4v) is 9.86. The van der Waals surface area contributed by atoms with E-state index in [0.29, 0.717) is 11.5 Å². The summed E-state index contributed by atoms with van der Waals surface area (Å²) in [6.45, 7) is 0. The van der Waals surface area contributed by atoms with Gasteiger partial charge in [-0.1, -0.05) is 60.1 Å². The van der Waals surface area contributed by atoms with E-state index in [9.17, 15) is 0 Å². The van der Waals surface area contributed by atoms with Crippen LogP contribution in [0.5, 0.6) is 11.5 Å². The van der Waals surface area contributed by atoms with Crippen molar-refractivity contribution in [3.8, 4) is 39.9 Å². The molecule has 8 aromatic rings. The van der Waals surface area contributed by atoms with Crippen molar-refractivity contribution >= 4 is 38.7 Å². The maximum absolute atomic E-state index is 6.53. The van der Waals surface area contributed by atoms with Crippen molar-refractivity contribution in [2.24, 2.45) is 0 Å². The van der Waals surface area contributed by atoms with Gasteiger partial charge in [-0.15, -0.1) is 57.8 Å². The van der Waals surface area contributed by atoms with Gasteiger partial charge in [-0.05, 0) is 83.0 Å². The van der Waals surface area contributed by atoms with Crippen LogP contribution in [0.1, 0.15) is 47.3 Å². The molecule has 4 aromatic heterocycles.